The molecule has 1 aliphatic rings. The highest BCUT2D eigenvalue weighted by atomic mass is 16.5. The molecule has 0 bridgehead atoms. The molecule has 1 N–H and O–H groups in total. The second-order valence-electron chi connectivity index (χ2n) is 7.60. The van der Waals surface area contributed by atoms with E-state index in [1.807, 2.05) is 36.7 Å². The smallest absolute Gasteiger partial charge is 0.127 e. The zero-order valence-corrected chi connectivity index (χ0v) is 17.6. The Labute approximate surface area is 174 Å². The third kappa shape index (κ3) is 6.70. The van der Waals surface area contributed by atoms with Crippen LogP contribution in [0, 0.1) is 0 Å². The second kappa shape index (κ2) is 11.1. The highest BCUT2D eigenvalue weighted by molar-refractivity contribution is 5.40. The van der Waals surface area contributed by atoms with Gasteiger partial charge in [0.05, 0.1) is 7.11 Å². The van der Waals surface area contributed by atoms with Crippen LogP contribution in [0.4, 0.5) is 0 Å². The van der Waals surface area contributed by atoms with Gasteiger partial charge in [-0.15, -0.1) is 0 Å². The van der Waals surface area contributed by atoms with Crippen LogP contribution < -0.4 is 9.47 Å². The summed E-state index contributed by atoms with van der Waals surface area (Å²) in [5.41, 5.74) is 2.33. The summed E-state index contributed by atoms with van der Waals surface area (Å²) in [7, 11) is 1.66. The number of rotatable bonds is 11. The molecule has 3 rings (SSSR count). The monoisotopic (exact) mass is 399 g/mol. The zero-order valence-electron chi connectivity index (χ0n) is 17.6. The first kappa shape index (κ1) is 21.6. The molecule has 0 amide bonds. The van der Waals surface area contributed by atoms with Crippen LogP contribution in [0.25, 0.3) is 0 Å². The van der Waals surface area contributed by atoms with Crippen LogP contribution in [-0.2, 0) is 13.1 Å². The van der Waals surface area contributed by atoms with Gasteiger partial charge in [-0.25, -0.2) is 0 Å². The first-order valence-electron chi connectivity index (χ1n) is 10.5. The molecule has 1 aliphatic heterocycles. The number of aliphatic hydroxyl groups is 1. The molecule has 29 heavy (non-hydrogen) atoms. The Kier molecular flexibility index (Phi) is 8.28. The van der Waals surface area contributed by atoms with Crippen molar-refractivity contribution in [2.75, 3.05) is 39.9 Å². The van der Waals surface area contributed by atoms with E-state index in [-0.39, 0.29) is 6.61 Å². The quantitative estimate of drug-likeness (QED) is 0.627. The Balaban J connectivity index is 1.63. The molecule has 0 unspecified atom stereocenters. The zero-order chi connectivity index (χ0) is 20.5. The van der Waals surface area contributed by atoms with Gasteiger partial charge in [-0.1, -0.05) is 13.0 Å². The number of aliphatic hydroxyl groups excluding tert-OH is 1. The van der Waals surface area contributed by atoms with Crippen LogP contribution in [0.15, 0.2) is 42.7 Å². The summed E-state index contributed by atoms with van der Waals surface area (Å²) in [6.45, 7) is 7.79. The highest BCUT2D eigenvalue weighted by Gasteiger charge is 2.17. The Morgan fingerprint density at radius 3 is 2.59 bits per heavy atom. The Bertz CT molecular complexity index is 735. The van der Waals surface area contributed by atoms with Crippen LogP contribution in [0.1, 0.15) is 30.9 Å². The highest BCUT2D eigenvalue weighted by Crippen LogP contribution is 2.27. The lowest BCUT2D eigenvalue weighted by molar-refractivity contribution is 0.0749. The number of hydrogen-bond donors (Lipinski definition) is 1. The fourth-order valence-electron chi connectivity index (χ4n) is 3.70. The van der Waals surface area contributed by atoms with E-state index in [9.17, 15) is 5.11 Å². The van der Waals surface area contributed by atoms with Crippen molar-refractivity contribution in [2.45, 2.75) is 39.0 Å². The number of β-amino-alcohol motifs (C(OH)–C–C–N with tert-alkyl or cyclic N) is 1. The van der Waals surface area contributed by atoms with Gasteiger partial charge >= 0.3 is 0 Å². The molecule has 158 valence electrons. The van der Waals surface area contributed by atoms with Crippen molar-refractivity contribution < 1.29 is 14.6 Å². The fraction of sp³-hybridized carbons (Fsp3) is 0.522. The SMILES string of the molecule is CCN(Cc1ccncc1)Cc1ccc(OC)cc1OC[C@H](O)CN1CCCC1. The van der Waals surface area contributed by atoms with Crippen LogP contribution in [-0.4, -0.2) is 65.9 Å². The molecule has 1 atom stereocenters. The van der Waals surface area contributed by atoms with Crippen LogP contribution in [0.3, 0.4) is 0 Å². The molecule has 1 aromatic heterocycles. The lowest BCUT2D eigenvalue weighted by Crippen LogP contribution is -2.33. The van der Waals surface area contributed by atoms with E-state index >= 15 is 0 Å². The summed E-state index contributed by atoms with van der Waals surface area (Å²) in [4.78, 5) is 8.75. The maximum Gasteiger partial charge on any atom is 0.127 e. The Morgan fingerprint density at radius 1 is 1.14 bits per heavy atom. The standard InChI is InChI=1S/C23H33N3O3/c1-3-25(15-19-8-10-24-11-9-19)16-20-6-7-22(28-2)14-23(20)29-18-21(27)17-26-12-4-5-13-26/h6-11,14,21,27H,3-5,12-13,15-18H2,1-2H3/t21-/m1/s1. The minimum Gasteiger partial charge on any atom is -0.497 e. The predicted molar refractivity (Wildman–Crippen MR) is 114 cm³/mol. The molecule has 6 heteroatoms. The number of pyridine rings is 1. The molecule has 0 aliphatic carbocycles. The van der Waals surface area contributed by atoms with E-state index in [0.717, 1.165) is 49.8 Å². The number of likely N-dealkylation sites (tertiary alicyclic amines) is 1. The molecule has 1 fully saturated rings. The number of hydrogen-bond acceptors (Lipinski definition) is 6. The van der Waals surface area contributed by atoms with Gasteiger partial charge in [0.25, 0.3) is 0 Å². The minimum atomic E-state index is -0.494. The average Bonchev–Trinajstić information content (AvgIpc) is 3.26. The first-order valence-corrected chi connectivity index (χ1v) is 10.5. The van der Waals surface area contributed by atoms with Gasteiger partial charge in [0, 0.05) is 43.7 Å². The molecule has 0 spiro atoms. The van der Waals surface area contributed by atoms with Crippen molar-refractivity contribution in [3.05, 3.63) is 53.9 Å². The summed E-state index contributed by atoms with van der Waals surface area (Å²) in [5, 5.41) is 10.4. The van der Waals surface area contributed by atoms with E-state index in [0.29, 0.717) is 6.54 Å². The lowest BCUT2D eigenvalue weighted by Gasteiger charge is -2.24. The number of methoxy groups -OCH3 is 1. The van der Waals surface area contributed by atoms with E-state index in [4.69, 9.17) is 9.47 Å². The third-order valence-electron chi connectivity index (χ3n) is 5.37. The molecule has 1 aromatic carbocycles. The van der Waals surface area contributed by atoms with Crippen molar-refractivity contribution in [1.82, 2.24) is 14.8 Å². The third-order valence-corrected chi connectivity index (χ3v) is 5.37. The van der Waals surface area contributed by atoms with Crippen molar-refractivity contribution in [2.24, 2.45) is 0 Å². The predicted octanol–water partition coefficient (Wildman–Crippen LogP) is 2.95. The molecule has 6 nitrogen and oxygen atoms in total. The number of nitrogens with zero attached hydrogens (tertiary/aromatic N) is 3. The van der Waals surface area contributed by atoms with E-state index in [1.54, 1.807) is 7.11 Å². The van der Waals surface area contributed by atoms with Crippen molar-refractivity contribution in [3.63, 3.8) is 0 Å². The van der Waals surface area contributed by atoms with Gasteiger partial charge in [-0.2, -0.15) is 0 Å². The van der Waals surface area contributed by atoms with Gasteiger partial charge in [-0.05, 0) is 56.2 Å². The van der Waals surface area contributed by atoms with Gasteiger partial charge in [-0.3, -0.25) is 9.88 Å². The summed E-state index contributed by atoms with van der Waals surface area (Å²) in [6.07, 6.45) is 5.60. The summed E-state index contributed by atoms with van der Waals surface area (Å²) >= 11 is 0. The molecule has 2 heterocycles. The Hall–Kier alpha value is -2.15. The van der Waals surface area contributed by atoms with Crippen LogP contribution in [0.2, 0.25) is 0 Å². The van der Waals surface area contributed by atoms with E-state index < -0.39 is 6.10 Å². The molecule has 0 saturated carbocycles. The Morgan fingerprint density at radius 2 is 1.90 bits per heavy atom. The van der Waals surface area contributed by atoms with Crippen molar-refractivity contribution in [3.8, 4) is 11.5 Å². The van der Waals surface area contributed by atoms with E-state index in [1.165, 1.54) is 18.4 Å². The summed E-state index contributed by atoms with van der Waals surface area (Å²) in [5.74, 6) is 1.54. The normalized spacial score (nSPS) is 15.6. The van der Waals surface area contributed by atoms with Gasteiger partial charge in [0.1, 0.15) is 24.2 Å². The molecular formula is C23H33N3O3. The van der Waals surface area contributed by atoms with Crippen LogP contribution >= 0.6 is 0 Å². The molecule has 1 saturated heterocycles. The number of aromatic nitrogens is 1. The molecule has 2 aromatic rings. The maximum atomic E-state index is 10.4. The largest absolute Gasteiger partial charge is 0.497 e. The summed E-state index contributed by atoms with van der Waals surface area (Å²) in [6, 6.07) is 10.0. The number of ether oxygens (including phenoxy) is 2. The number of benzene rings is 1. The molecular weight excluding hydrogens is 366 g/mol. The van der Waals surface area contributed by atoms with Gasteiger partial charge < -0.3 is 19.5 Å². The van der Waals surface area contributed by atoms with Crippen LogP contribution in [0.5, 0.6) is 11.5 Å². The van der Waals surface area contributed by atoms with Gasteiger partial charge in [0.2, 0.25) is 0 Å². The topological polar surface area (TPSA) is 58.1 Å². The van der Waals surface area contributed by atoms with Crippen molar-refractivity contribution in [1.29, 1.82) is 0 Å². The maximum absolute atomic E-state index is 10.4. The lowest BCUT2D eigenvalue weighted by atomic mass is 10.1. The summed E-state index contributed by atoms with van der Waals surface area (Å²) < 4.78 is 11.4. The molecule has 0 radical (unpaired) electrons. The fourth-order valence-corrected chi connectivity index (χ4v) is 3.70. The van der Waals surface area contributed by atoms with E-state index in [2.05, 4.69) is 27.8 Å². The average molecular weight is 400 g/mol. The van der Waals surface area contributed by atoms with Gasteiger partial charge in [0.15, 0.2) is 0 Å². The minimum absolute atomic E-state index is 0.285. The first-order chi connectivity index (χ1) is 14.2. The van der Waals surface area contributed by atoms with Crippen molar-refractivity contribution >= 4 is 0 Å². The second-order valence-corrected chi connectivity index (χ2v) is 7.60.